The molecule has 0 saturated carbocycles. The van der Waals surface area contributed by atoms with Crippen molar-refractivity contribution in [3.63, 3.8) is 0 Å². The van der Waals surface area contributed by atoms with Gasteiger partial charge in [-0.05, 0) is 58.9 Å². The quantitative estimate of drug-likeness (QED) is 0.230. The molecule has 0 unspecified atom stereocenters. The van der Waals surface area contributed by atoms with Gasteiger partial charge in [0.15, 0.2) is 5.78 Å². The van der Waals surface area contributed by atoms with Crippen molar-refractivity contribution >= 4 is 58.8 Å². The predicted molar refractivity (Wildman–Crippen MR) is 161 cm³/mol. The zero-order chi connectivity index (χ0) is 29.8. The van der Waals surface area contributed by atoms with Crippen LogP contribution in [0.1, 0.15) is 57.1 Å². The second-order valence-corrected chi connectivity index (χ2v) is 11.1. The number of aliphatic imine (C=N–C) groups is 1. The molecule has 3 amide bonds. The monoisotopic (exact) mass is 606 g/mol. The predicted octanol–water partition coefficient (Wildman–Crippen LogP) is 5.37. The molecule has 0 bridgehead atoms. The summed E-state index contributed by atoms with van der Waals surface area (Å²) in [6, 6.07) is 15.7. The van der Waals surface area contributed by atoms with Crippen molar-refractivity contribution in [3.8, 4) is 0 Å². The molecular formula is C31H28Cl2N4O5. The number of fused-ring (bicyclic) bond motifs is 2. The molecule has 0 aromatic heterocycles. The maximum atomic E-state index is 13.2. The number of hydrogen-bond donors (Lipinski definition) is 4. The molecule has 11 heteroatoms. The van der Waals surface area contributed by atoms with Crippen molar-refractivity contribution in [2.45, 2.75) is 38.3 Å². The first-order valence-electron chi connectivity index (χ1n) is 13.5. The summed E-state index contributed by atoms with van der Waals surface area (Å²) in [6.07, 6.45) is 2.98. The van der Waals surface area contributed by atoms with Gasteiger partial charge in [0, 0.05) is 19.2 Å². The zero-order valence-corrected chi connectivity index (χ0v) is 24.0. The van der Waals surface area contributed by atoms with Gasteiger partial charge in [-0.2, -0.15) is 0 Å². The van der Waals surface area contributed by atoms with Crippen molar-refractivity contribution in [2.75, 3.05) is 11.9 Å². The van der Waals surface area contributed by atoms with E-state index < -0.39 is 30.1 Å². The molecule has 9 nitrogen and oxygen atoms in total. The Morgan fingerprint density at radius 2 is 1.83 bits per heavy atom. The molecule has 4 N–H and O–H groups in total. The molecule has 216 valence electrons. The Kier molecular flexibility index (Phi) is 8.89. The van der Waals surface area contributed by atoms with Crippen molar-refractivity contribution in [3.05, 3.63) is 98.0 Å². The largest absolute Gasteiger partial charge is 0.481 e. The number of nitrogens with one attached hydrogen (secondary N) is 3. The Morgan fingerprint density at radius 1 is 1.02 bits per heavy atom. The van der Waals surface area contributed by atoms with E-state index in [4.69, 9.17) is 23.2 Å². The highest BCUT2D eigenvalue weighted by Crippen LogP contribution is 2.34. The van der Waals surface area contributed by atoms with Crippen LogP contribution in [-0.4, -0.2) is 41.6 Å². The molecule has 3 aromatic rings. The lowest BCUT2D eigenvalue weighted by atomic mass is 9.97. The van der Waals surface area contributed by atoms with Crippen LogP contribution in [0.5, 0.6) is 0 Å². The molecule has 1 aliphatic heterocycles. The van der Waals surface area contributed by atoms with E-state index in [0.717, 1.165) is 35.1 Å². The Hall–Kier alpha value is -4.21. The topological polar surface area (TPSA) is 137 Å². The summed E-state index contributed by atoms with van der Waals surface area (Å²) in [7, 11) is 0. The number of benzene rings is 3. The van der Waals surface area contributed by atoms with Gasteiger partial charge < -0.3 is 21.1 Å². The number of halogens is 2. The number of Topliss-reactive ketones (excluding diaryl/α,β-unsaturated/α-hetero) is 1. The van der Waals surface area contributed by atoms with Crippen molar-refractivity contribution in [1.29, 1.82) is 0 Å². The fourth-order valence-corrected chi connectivity index (χ4v) is 5.88. The smallest absolute Gasteiger partial charge is 0.315 e. The summed E-state index contributed by atoms with van der Waals surface area (Å²) in [5.41, 5.74) is 5.15. The van der Waals surface area contributed by atoms with E-state index in [1.807, 2.05) is 42.5 Å². The second kappa shape index (κ2) is 12.8. The van der Waals surface area contributed by atoms with Gasteiger partial charge >= 0.3 is 12.0 Å². The zero-order valence-electron chi connectivity index (χ0n) is 22.5. The Morgan fingerprint density at radius 3 is 2.64 bits per heavy atom. The van der Waals surface area contributed by atoms with Crippen molar-refractivity contribution in [1.82, 2.24) is 10.6 Å². The summed E-state index contributed by atoms with van der Waals surface area (Å²) in [5, 5.41) is 17.8. The number of nitrogens with zero attached hydrogens (tertiary/aromatic N) is 1. The normalized spacial score (nSPS) is 15.4. The molecule has 3 aromatic carbocycles. The van der Waals surface area contributed by atoms with Gasteiger partial charge in [0.25, 0.3) is 0 Å². The second-order valence-electron chi connectivity index (χ2n) is 10.3. The SMILES string of the molecule is O=C(Cc1ccc2c(c1)C=NC2)Nc1ccc(Cl)c(C(=O)C[C@@H](CNC(=O)N[C@@H]2CCc3ccccc32)C(=O)O)c1Cl. The minimum absolute atomic E-state index is 0.0237. The van der Waals surface area contributed by atoms with Crippen LogP contribution in [0.3, 0.4) is 0 Å². The Balaban J connectivity index is 1.20. The lowest BCUT2D eigenvalue weighted by molar-refractivity contribution is -0.141. The van der Waals surface area contributed by atoms with Crippen LogP contribution in [-0.2, 0) is 29.0 Å². The van der Waals surface area contributed by atoms with Gasteiger partial charge in [-0.25, -0.2) is 4.79 Å². The van der Waals surface area contributed by atoms with Crippen LogP contribution in [0.2, 0.25) is 10.0 Å². The highest BCUT2D eigenvalue weighted by atomic mass is 35.5. The van der Waals surface area contributed by atoms with E-state index >= 15 is 0 Å². The van der Waals surface area contributed by atoms with E-state index in [-0.39, 0.29) is 46.2 Å². The van der Waals surface area contributed by atoms with Crippen LogP contribution in [0.15, 0.2) is 59.6 Å². The van der Waals surface area contributed by atoms with Crippen LogP contribution in [0, 0.1) is 5.92 Å². The minimum atomic E-state index is -1.26. The lowest BCUT2D eigenvalue weighted by Gasteiger charge is -2.18. The Labute approximate surface area is 252 Å². The van der Waals surface area contributed by atoms with Gasteiger partial charge in [0.2, 0.25) is 5.91 Å². The molecule has 2 aliphatic rings. The standard InChI is InChI=1S/C31H28Cl2N4O5/c32-23-8-10-25(36-27(39)12-17-5-6-19-14-34-15-20(19)11-17)29(33)28(23)26(38)13-21(30(40)41)16-35-31(42)37-24-9-7-18-3-1-2-4-22(18)24/h1-6,8,10-11,15,21,24H,7,9,12-14,16H2,(H,36,39)(H,40,41)(H2,35,37,42)/t21-,24+/m0/s1. The van der Waals surface area contributed by atoms with Gasteiger partial charge in [-0.3, -0.25) is 19.4 Å². The number of aliphatic carboxylic acids is 1. The third-order valence-electron chi connectivity index (χ3n) is 7.44. The van der Waals surface area contributed by atoms with Gasteiger partial charge in [-0.15, -0.1) is 0 Å². The molecule has 2 atom stereocenters. The van der Waals surface area contributed by atoms with E-state index in [2.05, 4.69) is 20.9 Å². The van der Waals surface area contributed by atoms with E-state index in [0.29, 0.717) is 6.54 Å². The van der Waals surface area contributed by atoms with Crippen LogP contribution >= 0.6 is 23.2 Å². The number of urea groups is 1. The number of anilines is 1. The van der Waals surface area contributed by atoms with Crippen LogP contribution in [0.4, 0.5) is 10.5 Å². The van der Waals surface area contributed by atoms with Crippen LogP contribution < -0.4 is 16.0 Å². The maximum Gasteiger partial charge on any atom is 0.315 e. The number of carboxylic acid groups (broad SMARTS) is 1. The number of amides is 3. The highest BCUT2D eigenvalue weighted by Gasteiger charge is 2.28. The van der Waals surface area contributed by atoms with E-state index in [9.17, 15) is 24.3 Å². The summed E-state index contributed by atoms with van der Waals surface area (Å²) in [6.45, 7) is 0.346. The number of hydrogen-bond acceptors (Lipinski definition) is 5. The van der Waals surface area contributed by atoms with Crippen molar-refractivity contribution < 1.29 is 24.3 Å². The Bertz CT molecular complexity index is 1610. The third-order valence-corrected chi connectivity index (χ3v) is 8.15. The summed E-state index contributed by atoms with van der Waals surface area (Å²) in [4.78, 5) is 54.7. The van der Waals surface area contributed by atoms with Gasteiger partial charge in [-0.1, -0.05) is 59.6 Å². The van der Waals surface area contributed by atoms with E-state index in [1.165, 1.54) is 17.7 Å². The highest BCUT2D eigenvalue weighted by molar-refractivity contribution is 6.41. The first-order chi connectivity index (χ1) is 20.2. The summed E-state index contributed by atoms with van der Waals surface area (Å²) < 4.78 is 0. The molecule has 0 radical (unpaired) electrons. The number of carbonyl (C=O) groups excluding carboxylic acids is 3. The molecule has 1 aliphatic carbocycles. The molecule has 5 rings (SSSR count). The third kappa shape index (κ3) is 6.64. The number of rotatable bonds is 10. The molecule has 0 saturated heterocycles. The lowest BCUT2D eigenvalue weighted by Crippen LogP contribution is -2.41. The number of aryl methyl sites for hydroxylation is 1. The van der Waals surface area contributed by atoms with Crippen molar-refractivity contribution in [2.24, 2.45) is 10.9 Å². The fraction of sp³-hybridized carbons (Fsp3) is 0.258. The number of carboxylic acids is 1. The molecule has 42 heavy (non-hydrogen) atoms. The summed E-state index contributed by atoms with van der Waals surface area (Å²) >= 11 is 12.8. The van der Waals surface area contributed by atoms with Crippen LogP contribution in [0.25, 0.3) is 0 Å². The average Bonchev–Trinajstić information content (AvgIpc) is 3.59. The maximum absolute atomic E-state index is 13.2. The molecule has 1 heterocycles. The van der Waals surface area contributed by atoms with Gasteiger partial charge in [0.05, 0.1) is 46.2 Å². The molecule has 0 fully saturated rings. The summed E-state index contributed by atoms with van der Waals surface area (Å²) in [5.74, 6) is -3.46. The first kappa shape index (κ1) is 29.3. The first-order valence-corrected chi connectivity index (χ1v) is 14.2. The fourth-order valence-electron chi connectivity index (χ4n) is 5.25. The van der Waals surface area contributed by atoms with Gasteiger partial charge in [0.1, 0.15) is 0 Å². The molecule has 0 spiro atoms. The minimum Gasteiger partial charge on any atom is -0.481 e. The molecular weight excluding hydrogens is 579 g/mol. The average molecular weight is 607 g/mol. The number of ketones is 1. The van der Waals surface area contributed by atoms with E-state index in [1.54, 1.807) is 6.21 Å². The number of carbonyl (C=O) groups is 4.